The van der Waals surface area contributed by atoms with E-state index in [0.29, 0.717) is 12.1 Å². The van der Waals surface area contributed by atoms with E-state index in [2.05, 4.69) is 5.32 Å². The molecule has 1 aromatic carbocycles. The maximum atomic E-state index is 13.4. The third kappa shape index (κ3) is 2.55. The number of rotatable bonds is 3. The summed E-state index contributed by atoms with van der Waals surface area (Å²) in [6.45, 7) is 1.90. The van der Waals surface area contributed by atoms with Gasteiger partial charge in [-0.05, 0) is 86.3 Å². The number of hydrogen-bond acceptors (Lipinski definition) is 1. The van der Waals surface area contributed by atoms with Crippen LogP contribution in [0.5, 0.6) is 0 Å². The summed E-state index contributed by atoms with van der Waals surface area (Å²) in [7, 11) is 0. The zero-order valence-electron chi connectivity index (χ0n) is 13.2. The Kier molecular flexibility index (Phi) is 3.28. The van der Waals surface area contributed by atoms with Gasteiger partial charge in [-0.25, -0.2) is 4.39 Å². The summed E-state index contributed by atoms with van der Waals surface area (Å²) in [5.41, 5.74) is 1.77. The lowest BCUT2D eigenvalue weighted by molar-refractivity contribution is -0.124. The van der Waals surface area contributed by atoms with E-state index in [0.717, 1.165) is 23.3 Å². The van der Waals surface area contributed by atoms with Crippen molar-refractivity contribution in [3.63, 3.8) is 0 Å². The molecule has 0 aromatic heterocycles. The first-order valence-electron chi connectivity index (χ1n) is 8.57. The predicted molar refractivity (Wildman–Crippen MR) is 85.0 cm³/mol. The fourth-order valence-electron chi connectivity index (χ4n) is 5.77. The van der Waals surface area contributed by atoms with E-state index in [9.17, 15) is 9.18 Å². The Morgan fingerprint density at radius 1 is 1.18 bits per heavy atom. The molecule has 0 unspecified atom stereocenters. The van der Waals surface area contributed by atoms with Gasteiger partial charge < -0.3 is 5.32 Å². The average molecular weight is 301 g/mol. The van der Waals surface area contributed by atoms with Crippen molar-refractivity contribution in [2.75, 3.05) is 5.32 Å². The number of halogens is 1. The SMILES string of the molecule is Cc1ccc(F)cc1NC(=O)CC12CC3CC(CC(C3)C1)C2. The van der Waals surface area contributed by atoms with Gasteiger partial charge in [0.1, 0.15) is 5.82 Å². The van der Waals surface area contributed by atoms with Crippen molar-refractivity contribution in [2.45, 2.75) is 51.9 Å². The Bertz CT molecular complexity index is 574. The number of hydrogen-bond donors (Lipinski definition) is 1. The minimum atomic E-state index is -0.296. The molecule has 4 bridgehead atoms. The first kappa shape index (κ1) is 14.2. The normalized spacial score (nSPS) is 35.6. The summed E-state index contributed by atoms with van der Waals surface area (Å²) in [6, 6.07) is 4.58. The van der Waals surface area contributed by atoms with Crippen molar-refractivity contribution in [2.24, 2.45) is 23.2 Å². The highest BCUT2D eigenvalue weighted by atomic mass is 19.1. The molecule has 0 atom stereocenters. The third-order valence-corrected chi connectivity index (χ3v) is 6.17. The van der Waals surface area contributed by atoms with Crippen molar-refractivity contribution in [1.82, 2.24) is 0 Å². The molecule has 0 heterocycles. The van der Waals surface area contributed by atoms with E-state index in [1.807, 2.05) is 6.92 Å². The molecule has 0 saturated heterocycles. The van der Waals surface area contributed by atoms with Crippen LogP contribution in [0.3, 0.4) is 0 Å². The molecule has 4 aliphatic rings. The van der Waals surface area contributed by atoms with Crippen molar-refractivity contribution in [3.8, 4) is 0 Å². The molecule has 1 aromatic rings. The van der Waals surface area contributed by atoms with Crippen molar-refractivity contribution in [3.05, 3.63) is 29.6 Å². The van der Waals surface area contributed by atoms with Crippen LogP contribution in [0.25, 0.3) is 0 Å². The lowest BCUT2D eigenvalue weighted by atomic mass is 9.49. The molecule has 1 amide bonds. The Labute approximate surface area is 131 Å². The highest BCUT2D eigenvalue weighted by Crippen LogP contribution is 2.61. The Hall–Kier alpha value is -1.38. The van der Waals surface area contributed by atoms with Crippen LogP contribution in [0.2, 0.25) is 0 Å². The van der Waals surface area contributed by atoms with Crippen molar-refractivity contribution >= 4 is 11.6 Å². The molecule has 118 valence electrons. The van der Waals surface area contributed by atoms with Gasteiger partial charge in [0.25, 0.3) is 0 Å². The Balaban J connectivity index is 1.47. The third-order valence-electron chi connectivity index (χ3n) is 6.17. The van der Waals surface area contributed by atoms with E-state index in [4.69, 9.17) is 0 Å². The second-order valence-corrected chi connectivity index (χ2v) is 8.10. The Morgan fingerprint density at radius 2 is 1.77 bits per heavy atom. The van der Waals surface area contributed by atoms with Crippen LogP contribution in [0.1, 0.15) is 50.5 Å². The lowest BCUT2D eigenvalue weighted by Gasteiger charge is -2.56. The van der Waals surface area contributed by atoms with Crippen LogP contribution < -0.4 is 5.32 Å². The van der Waals surface area contributed by atoms with E-state index in [-0.39, 0.29) is 17.1 Å². The van der Waals surface area contributed by atoms with Gasteiger partial charge >= 0.3 is 0 Å². The Morgan fingerprint density at radius 3 is 2.36 bits per heavy atom. The molecular formula is C19H24FNO. The number of benzene rings is 1. The fourth-order valence-corrected chi connectivity index (χ4v) is 5.77. The van der Waals surface area contributed by atoms with E-state index in [1.54, 1.807) is 6.07 Å². The number of carbonyl (C=O) groups excluding carboxylic acids is 1. The van der Waals surface area contributed by atoms with Crippen LogP contribution in [-0.2, 0) is 4.79 Å². The number of anilines is 1. The molecule has 0 radical (unpaired) electrons. The first-order chi connectivity index (χ1) is 10.5. The summed E-state index contributed by atoms with van der Waals surface area (Å²) in [5.74, 6) is 2.34. The van der Waals surface area contributed by atoms with E-state index in [1.165, 1.54) is 50.7 Å². The van der Waals surface area contributed by atoms with Gasteiger partial charge in [0.05, 0.1) is 0 Å². The zero-order chi connectivity index (χ0) is 15.3. The second kappa shape index (κ2) is 5.07. The highest BCUT2D eigenvalue weighted by molar-refractivity contribution is 5.92. The van der Waals surface area contributed by atoms with Gasteiger partial charge in [0, 0.05) is 12.1 Å². The zero-order valence-corrected chi connectivity index (χ0v) is 13.2. The lowest BCUT2D eigenvalue weighted by Crippen LogP contribution is -2.47. The first-order valence-corrected chi connectivity index (χ1v) is 8.57. The molecule has 5 rings (SSSR count). The molecular weight excluding hydrogens is 277 g/mol. The molecule has 0 spiro atoms. The molecule has 1 N–H and O–H groups in total. The minimum Gasteiger partial charge on any atom is -0.326 e. The fraction of sp³-hybridized carbons (Fsp3) is 0.632. The van der Waals surface area contributed by atoms with Gasteiger partial charge in [-0.2, -0.15) is 0 Å². The summed E-state index contributed by atoms with van der Waals surface area (Å²) in [4.78, 5) is 12.5. The minimum absolute atomic E-state index is 0.0654. The average Bonchev–Trinajstić information content (AvgIpc) is 2.40. The van der Waals surface area contributed by atoms with Crippen LogP contribution in [0, 0.1) is 35.9 Å². The maximum Gasteiger partial charge on any atom is 0.224 e. The quantitative estimate of drug-likeness (QED) is 0.863. The highest BCUT2D eigenvalue weighted by Gasteiger charge is 2.51. The van der Waals surface area contributed by atoms with Gasteiger partial charge in [0.15, 0.2) is 0 Å². The van der Waals surface area contributed by atoms with Gasteiger partial charge in [-0.1, -0.05) is 6.07 Å². The van der Waals surface area contributed by atoms with Crippen molar-refractivity contribution in [1.29, 1.82) is 0 Å². The summed E-state index contributed by atoms with van der Waals surface area (Å²) >= 11 is 0. The molecule has 3 heteroatoms. The van der Waals surface area contributed by atoms with Gasteiger partial charge in [0.2, 0.25) is 5.91 Å². The van der Waals surface area contributed by atoms with Gasteiger partial charge in [-0.15, -0.1) is 0 Å². The van der Waals surface area contributed by atoms with E-state index >= 15 is 0 Å². The standard InChI is InChI=1S/C19H24FNO/c1-12-2-3-16(20)7-17(12)21-18(22)11-19-8-13-4-14(9-19)6-15(5-13)10-19/h2-3,7,13-15H,4-6,8-11H2,1H3,(H,21,22). The van der Waals surface area contributed by atoms with Gasteiger partial charge in [-0.3, -0.25) is 4.79 Å². The largest absolute Gasteiger partial charge is 0.326 e. The molecule has 4 saturated carbocycles. The molecule has 4 fully saturated rings. The number of aryl methyl sites for hydroxylation is 1. The maximum absolute atomic E-state index is 13.4. The smallest absolute Gasteiger partial charge is 0.224 e. The number of amides is 1. The van der Waals surface area contributed by atoms with Crippen LogP contribution >= 0.6 is 0 Å². The summed E-state index contributed by atoms with van der Waals surface area (Å²) in [6.07, 6.45) is 8.49. The molecule has 22 heavy (non-hydrogen) atoms. The molecule has 4 aliphatic carbocycles. The summed E-state index contributed by atoms with van der Waals surface area (Å²) < 4.78 is 13.4. The second-order valence-electron chi connectivity index (χ2n) is 8.10. The molecule has 2 nitrogen and oxygen atoms in total. The number of carbonyl (C=O) groups is 1. The van der Waals surface area contributed by atoms with E-state index < -0.39 is 0 Å². The molecule has 0 aliphatic heterocycles. The van der Waals surface area contributed by atoms with Crippen LogP contribution in [0.15, 0.2) is 18.2 Å². The van der Waals surface area contributed by atoms with Crippen molar-refractivity contribution < 1.29 is 9.18 Å². The summed E-state index contributed by atoms with van der Waals surface area (Å²) in [5, 5.41) is 2.95. The number of nitrogens with one attached hydrogen (secondary N) is 1. The topological polar surface area (TPSA) is 29.1 Å². The van der Waals surface area contributed by atoms with Crippen LogP contribution in [-0.4, -0.2) is 5.91 Å². The predicted octanol–water partition coefficient (Wildman–Crippen LogP) is 4.68. The van der Waals surface area contributed by atoms with Crippen LogP contribution in [0.4, 0.5) is 10.1 Å². The monoisotopic (exact) mass is 301 g/mol.